The van der Waals surface area contributed by atoms with Gasteiger partial charge in [-0.1, -0.05) is 18.2 Å². The van der Waals surface area contributed by atoms with E-state index in [2.05, 4.69) is 26.3 Å². The average molecular weight is 442 g/mol. The van der Waals surface area contributed by atoms with Crippen LogP contribution >= 0.6 is 0 Å². The lowest BCUT2D eigenvalue weighted by molar-refractivity contribution is 0.0149. The summed E-state index contributed by atoms with van der Waals surface area (Å²) in [5.74, 6) is 0.638. The first-order chi connectivity index (χ1) is 16.0. The first-order valence-electron chi connectivity index (χ1n) is 11.2. The van der Waals surface area contributed by atoms with Crippen molar-refractivity contribution < 1.29 is 4.74 Å². The third kappa shape index (κ3) is 4.29. The normalized spacial score (nSPS) is 13.9. The zero-order valence-corrected chi connectivity index (χ0v) is 19.1. The molecule has 0 unspecified atom stereocenters. The SMILES string of the molecule is Cc1cccc(-c2ccc(-c3cc4cnc(C)nc4n(CCOC4CNC4)c3=O)c(C)c2)n1. The maximum absolute atomic E-state index is 13.6. The molecule has 1 aliphatic heterocycles. The van der Waals surface area contributed by atoms with E-state index in [0.717, 1.165) is 46.6 Å². The molecule has 7 heteroatoms. The highest BCUT2D eigenvalue weighted by molar-refractivity contribution is 5.82. The van der Waals surface area contributed by atoms with E-state index in [9.17, 15) is 4.79 Å². The Hall–Kier alpha value is -3.42. The number of rotatable bonds is 6. The predicted octanol–water partition coefficient (Wildman–Crippen LogP) is 3.43. The molecular formula is C26H27N5O2. The molecule has 0 spiro atoms. The van der Waals surface area contributed by atoms with Gasteiger partial charge in [0, 0.05) is 41.5 Å². The molecule has 1 saturated heterocycles. The minimum absolute atomic E-state index is 0.0690. The van der Waals surface area contributed by atoms with E-state index in [0.29, 0.717) is 30.2 Å². The van der Waals surface area contributed by atoms with E-state index in [1.54, 1.807) is 10.8 Å². The van der Waals surface area contributed by atoms with Gasteiger partial charge in [-0.15, -0.1) is 0 Å². The molecule has 1 fully saturated rings. The molecule has 0 bridgehead atoms. The van der Waals surface area contributed by atoms with Gasteiger partial charge >= 0.3 is 0 Å². The molecule has 0 amide bonds. The number of nitrogens with zero attached hydrogens (tertiary/aromatic N) is 4. The summed E-state index contributed by atoms with van der Waals surface area (Å²) in [5, 5.41) is 4.03. The molecule has 33 heavy (non-hydrogen) atoms. The molecular weight excluding hydrogens is 414 g/mol. The summed E-state index contributed by atoms with van der Waals surface area (Å²) < 4.78 is 7.61. The van der Waals surface area contributed by atoms with Crippen molar-refractivity contribution in [2.24, 2.45) is 0 Å². The van der Waals surface area contributed by atoms with Crippen molar-refractivity contribution >= 4 is 11.0 Å². The van der Waals surface area contributed by atoms with Crippen LogP contribution in [0.1, 0.15) is 17.1 Å². The molecule has 1 aliphatic rings. The van der Waals surface area contributed by atoms with Gasteiger partial charge in [-0.3, -0.25) is 14.3 Å². The van der Waals surface area contributed by atoms with E-state index in [1.165, 1.54) is 0 Å². The monoisotopic (exact) mass is 441 g/mol. The number of hydrogen-bond donors (Lipinski definition) is 1. The standard InChI is InChI=1S/C26H27N5O2/c1-16-11-19(24-6-4-5-17(2)29-24)7-8-22(16)23-12-20-13-28-18(3)30-25(20)31(26(23)32)9-10-33-21-14-27-15-21/h4-8,11-13,21,27H,9-10,14-15H2,1-3H3. The first kappa shape index (κ1) is 21.4. The Kier molecular flexibility index (Phi) is 5.74. The van der Waals surface area contributed by atoms with Crippen LogP contribution in [0.4, 0.5) is 0 Å². The van der Waals surface area contributed by atoms with Crippen LogP contribution in [0.25, 0.3) is 33.4 Å². The molecule has 1 N–H and O–H groups in total. The summed E-state index contributed by atoms with van der Waals surface area (Å²) >= 11 is 0. The molecule has 0 saturated carbocycles. The van der Waals surface area contributed by atoms with Gasteiger partial charge in [-0.25, -0.2) is 9.97 Å². The summed E-state index contributed by atoms with van der Waals surface area (Å²) in [6, 6.07) is 14.0. The van der Waals surface area contributed by atoms with Gasteiger partial charge in [0.1, 0.15) is 11.5 Å². The Morgan fingerprint density at radius 2 is 1.91 bits per heavy atom. The molecule has 3 aromatic heterocycles. The fourth-order valence-electron chi connectivity index (χ4n) is 4.16. The van der Waals surface area contributed by atoms with Gasteiger partial charge in [-0.2, -0.15) is 0 Å². The number of benzene rings is 1. The van der Waals surface area contributed by atoms with Crippen LogP contribution in [0.2, 0.25) is 0 Å². The summed E-state index contributed by atoms with van der Waals surface area (Å²) in [4.78, 5) is 27.2. The van der Waals surface area contributed by atoms with Crippen molar-refractivity contribution in [3.8, 4) is 22.4 Å². The van der Waals surface area contributed by atoms with Crippen molar-refractivity contribution in [3.05, 3.63) is 76.1 Å². The summed E-state index contributed by atoms with van der Waals surface area (Å²) in [6.45, 7) is 8.47. The Morgan fingerprint density at radius 3 is 2.64 bits per heavy atom. The lowest BCUT2D eigenvalue weighted by Crippen LogP contribution is -2.48. The Bertz CT molecular complexity index is 1390. The topological polar surface area (TPSA) is 81.9 Å². The predicted molar refractivity (Wildman–Crippen MR) is 129 cm³/mol. The van der Waals surface area contributed by atoms with Crippen LogP contribution in [-0.4, -0.2) is 45.3 Å². The average Bonchev–Trinajstić information content (AvgIpc) is 2.77. The van der Waals surface area contributed by atoms with Gasteiger partial charge in [0.25, 0.3) is 5.56 Å². The Labute approximate surface area is 192 Å². The smallest absolute Gasteiger partial charge is 0.260 e. The molecule has 0 aliphatic carbocycles. The molecule has 5 rings (SSSR count). The summed E-state index contributed by atoms with van der Waals surface area (Å²) in [6.07, 6.45) is 2.00. The number of ether oxygens (including phenoxy) is 1. The van der Waals surface area contributed by atoms with Crippen LogP contribution in [0, 0.1) is 20.8 Å². The highest BCUT2D eigenvalue weighted by Crippen LogP contribution is 2.28. The van der Waals surface area contributed by atoms with Gasteiger partial charge in [0.15, 0.2) is 0 Å². The number of fused-ring (bicyclic) bond motifs is 1. The zero-order chi connectivity index (χ0) is 22.9. The minimum atomic E-state index is -0.0690. The van der Waals surface area contributed by atoms with Crippen molar-refractivity contribution in [1.29, 1.82) is 0 Å². The zero-order valence-electron chi connectivity index (χ0n) is 19.1. The quantitative estimate of drug-likeness (QED) is 0.494. The van der Waals surface area contributed by atoms with E-state index in [-0.39, 0.29) is 11.7 Å². The molecule has 0 radical (unpaired) electrons. The number of pyridine rings is 2. The van der Waals surface area contributed by atoms with Crippen molar-refractivity contribution in [2.75, 3.05) is 19.7 Å². The van der Waals surface area contributed by atoms with Gasteiger partial charge in [-0.05, 0) is 56.2 Å². The Morgan fingerprint density at radius 1 is 1.06 bits per heavy atom. The van der Waals surface area contributed by atoms with Crippen molar-refractivity contribution in [2.45, 2.75) is 33.4 Å². The van der Waals surface area contributed by atoms with E-state index >= 15 is 0 Å². The lowest BCUT2D eigenvalue weighted by Gasteiger charge is -2.27. The molecule has 0 atom stereocenters. The van der Waals surface area contributed by atoms with Crippen LogP contribution in [0.3, 0.4) is 0 Å². The van der Waals surface area contributed by atoms with Gasteiger partial charge in [0.05, 0.1) is 24.9 Å². The van der Waals surface area contributed by atoms with Crippen molar-refractivity contribution in [3.63, 3.8) is 0 Å². The van der Waals surface area contributed by atoms with Gasteiger partial charge < -0.3 is 10.1 Å². The van der Waals surface area contributed by atoms with Crippen molar-refractivity contribution in [1.82, 2.24) is 24.8 Å². The van der Waals surface area contributed by atoms with Crippen LogP contribution in [0.15, 0.2) is 53.5 Å². The molecule has 1 aromatic carbocycles. The van der Waals surface area contributed by atoms with Crippen LogP contribution in [-0.2, 0) is 11.3 Å². The van der Waals surface area contributed by atoms with E-state index in [4.69, 9.17) is 4.74 Å². The van der Waals surface area contributed by atoms with Crippen LogP contribution < -0.4 is 10.9 Å². The second-order valence-corrected chi connectivity index (χ2v) is 8.56. The maximum Gasteiger partial charge on any atom is 0.260 e. The number of aromatic nitrogens is 4. The third-order valence-corrected chi connectivity index (χ3v) is 6.06. The maximum atomic E-state index is 13.6. The number of hydrogen-bond acceptors (Lipinski definition) is 6. The first-order valence-corrected chi connectivity index (χ1v) is 11.2. The largest absolute Gasteiger partial charge is 0.374 e. The fourth-order valence-corrected chi connectivity index (χ4v) is 4.16. The molecule has 7 nitrogen and oxygen atoms in total. The van der Waals surface area contributed by atoms with Gasteiger partial charge in [0.2, 0.25) is 0 Å². The van der Waals surface area contributed by atoms with E-state index < -0.39 is 0 Å². The number of nitrogens with one attached hydrogen (secondary N) is 1. The highest BCUT2D eigenvalue weighted by Gasteiger charge is 2.18. The van der Waals surface area contributed by atoms with E-state index in [1.807, 2.05) is 57.2 Å². The second-order valence-electron chi connectivity index (χ2n) is 8.56. The molecule has 4 heterocycles. The molecule has 4 aromatic rings. The number of aryl methyl sites for hydroxylation is 3. The summed E-state index contributed by atoms with van der Waals surface area (Å²) in [7, 11) is 0. The highest BCUT2D eigenvalue weighted by atomic mass is 16.5. The lowest BCUT2D eigenvalue weighted by atomic mass is 9.97. The van der Waals surface area contributed by atoms with Crippen LogP contribution in [0.5, 0.6) is 0 Å². The minimum Gasteiger partial charge on any atom is -0.374 e. The second kappa shape index (κ2) is 8.84. The Balaban J connectivity index is 1.56. The third-order valence-electron chi connectivity index (χ3n) is 6.06. The fraction of sp³-hybridized carbons (Fsp3) is 0.308. The summed E-state index contributed by atoms with van der Waals surface area (Å²) in [5.41, 5.74) is 6.06. The molecule has 168 valence electrons.